The Morgan fingerprint density at radius 2 is 2.05 bits per heavy atom. The molecule has 2 N–H and O–H groups in total. The first-order valence-electron chi connectivity index (χ1n) is 6.90. The van der Waals surface area contributed by atoms with Crippen LogP contribution in [0.4, 0.5) is 0 Å². The second-order valence-corrected chi connectivity index (χ2v) is 6.18. The molecular weight excluding hydrogens is 242 g/mol. The molecule has 0 amide bonds. The molecule has 1 fully saturated rings. The molecule has 0 spiro atoms. The van der Waals surface area contributed by atoms with Gasteiger partial charge in [0.1, 0.15) is 6.10 Å². The Labute approximate surface area is 113 Å². The van der Waals surface area contributed by atoms with E-state index in [1.54, 1.807) is 17.0 Å². The second kappa shape index (κ2) is 5.33. The van der Waals surface area contributed by atoms with Gasteiger partial charge in [-0.1, -0.05) is 6.42 Å². The van der Waals surface area contributed by atoms with Crippen molar-refractivity contribution < 1.29 is 4.74 Å². The summed E-state index contributed by atoms with van der Waals surface area (Å²) >= 11 is 0. The summed E-state index contributed by atoms with van der Waals surface area (Å²) in [4.78, 5) is 16.4. The predicted molar refractivity (Wildman–Crippen MR) is 74.4 cm³/mol. The van der Waals surface area contributed by atoms with Crippen LogP contribution < -0.4 is 16.0 Å². The summed E-state index contributed by atoms with van der Waals surface area (Å²) < 4.78 is 7.41. The van der Waals surface area contributed by atoms with Crippen molar-refractivity contribution in [2.75, 3.05) is 0 Å². The largest absolute Gasteiger partial charge is 0.469 e. The Balaban J connectivity index is 2.24. The average molecular weight is 265 g/mol. The molecule has 2 rings (SSSR count). The van der Waals surface area contributed by atoms with E-state index in [4.69, 9.17) is 10.5 Å². The molecule has 0 aromatic carbocycles. The van der Waals surface area contributed by atoms with Crippen LogP contribution in [0.15, 0.2) is 17.2 Å². The van der Waals surface area contributed by atoms with Crippen LogP contribution >= 0.6 is 0 Å². The van der Waals surface area contributed by atoms with Crippen LogP contribution in [0.25, 0.3) is 0 Å². The maximum absolute atomic E-state index is 12.3. The average Bonchev–Trinajstić information content (AvgIpc) is 2.33. The molecule has 2 atom stereocenters. The fraction of sp³-hybridized carbons (Fsp3) is 0.714. The number of hydrogen-bond acceptors (Lipinski definition) is 4. The number of ether oxygens (including phenoxy) is 1. The quantitative estimate of drug-likeness (QED) is 0.882. The molecule has 1 aliphatic carbocycles. The van der Waals surface area contributed by atoms with E-state index in [0.29, 0.717) is 0 Å². The van der Waals surface area contributed by atoms with Crippen molar-refractivity contribution in [3.05, 3.63) is 22.7 Å². The van der Waals surface area contributed by atoms with Crippen molar-refractivity contribution in [1.29, 1.82) is 0 Å². The lowest BCUT2D eigenvalue weighted by atomic mass is 9.93. The van der Waals surface area contributed by atoms with E-state index in [1.807, 2.05) is 20.8 Å². The van der Waals surface area contributed by atoms with Gasteiger partial charge >= 0.3 is 5.56 Å². The standard InChI is InChI=1S/C14H23N3O2/c1-14(2,3)17-9-8-16-12(13(17)18)19-11-7-5-4-6-10(11)15/h8-11H,4-7,15H2,1-3H3. The van der Waals surface area contributed by atoms with Crippen LogP contribution in [0.2, 0.25) is 0 Å². The molecule has 19 heavy (non-hydrogen) atoms. The van der Waals surface area contributed by atoms with Crippen LogP contribution in [0.1, 0.15) is 46.5 Å². The first kappa shape index (κ1) is 14.1. The highest BCUT2D eigenvalue weighted by Gasteiger charge is 2.26. The molecule has 5 heteroatoms. The van der Waals surface area contributed by atoms with E-state index in [1.165, 1.54) is 0 Å². The van der Waals surface area contributed by atoms with Crippen LogP contribution in [-0.4, -0.2) is 21.7 Å². The summed E-state index contributed by atoms with van der Waals surface area (Å²) in [5.41, 5.74) is 5.57. The zero-order chi connectivity index (χ0) is 14.0. The SMILES string of the molecule is CC(C)(C)n1ccnc(OC2CCCCC2N)c1=O. The van der Waals surface area contributed by atoms with Crippen molar-refractivity contribution in [1.82, 2.24) is 9.55 Å². The van der Waals surface area contributed by atoms with Gasteiger partial charge < -0.3 is 15.0 Å². The van der Waals surface area contributed by atoms with E-state index in [2.05, 4.69) is 4.98 Å². The fourth-order valence-electron chi connectivity index (χ4n) is 2.42. The smallest absolute Gasteiger partial charge is 0.313 e. The predicted octanol–water partition coefficient (Wildman–Crippen LogP) is 1.65. The first-order chi connectivity index (χ1) is 8.89. The minimum atomic E-state index is -0.285. The van der Waals surface area contributed by atoms with Gasteiger partial charge in [0.15, 0.2) is 0 Å². The van der Waals surface area contributed by atoms with E-state index in [-0.39, 0.29) is 29.1 Å². The summed E-state index contributed by atoms with van der Waals surface area (Å²) in [6.07, 6.45) is 7.28. The van der Waals surface area contributed by atoms with E-state index in [9.17, 15) is 4.79 Å². The fourth-order valence-corrected chi connectivity index (χ4v) is 2.42. The third-order valence-electron chi connectivity index (χ3n) is 3.55. The van der Waals surface area contributed by atoms with E-state index in [0.717, 1.165) is 25.7 Å². The highest BCUT2D eigenvalue weighted by Crippen LogP contribution is 2.20. The van der Waals surface area contributed by atoms with Crippen molar-refractivity contribution in [3.8, 4) is 5.88 Å². The lowest BCUT2D eigenvalue weighted by Gasteiger charge is -2.29. The summed E-state index contributed by atoms with van der Waals surface area (Å²) in [6.45, 7) is 5.93. The Hall–Kier alpha value is -1.36. The van der Waals surface area contributed by atoms with Gasteiger partial charge in [-0.3, -0.25) is 4.79 Å². The Morgan fingerprint density at radius 3 is 2.68 bits per heavy atom. The molecule has 1 aromatic rings. The van der Waals surface area contributed by atoms with Crippen LogP contribution in [0.3, 0.4) is 0 Å². The molecule has 0 radical (unpaired) electrons. The van der Waals surface area contributed by atoms with Gasteiger partial charge in [-0.25, -0.2) is 4.98 Å². The summed E-state index contributed by atoms with van der Waals surface area (Å²) in [6, 6.07) is -0.00163. The van der Waals surface area contributed by atoms with Gasteiger partial charge in [-0.2, -0.15) is 0 Å². The molecule has 1 aliphatic rings. The van der Waals surface area contributed by atoms with Gasteiger partial charge in [0.25, 0.3) is 5.88 Å². The minimum Gasteiger partial charge on any atom is -0.469 e. The Kier molecular flexibility index (Phi) is 3.94. The maximum Gasteiger partial charge on any atom is 0.313 e. The van der Waals surface area contributed by atoms with Crippen LogP contribution in [0.5, 0.6) is 5.88 Å². The topological polar surface area (TPSA) is 70.1 Å². The number of rotatable bonds is 2. The maximum atomic E-state index is 12.3. The second-order valence-electron chi connectivity index (χ2n) is 6.18. The van der Waals surface area contributed by atoms with Crippen molar-refractivity contribution >= 4 is 0 Å². The highest BCUT2D eigenvalue weighted by molar-refractivity contribution is 5.07. The summed E-state index contributed by atoms with van der Waals surface area (Å²) in [5, 5.41) is 0. The van der Waals surface area contributed by atoms with Gasteiger partial charge in [0.2, 0.25) is 0 Å². The van der Waals surface area contributed by atoms with E-state index >= 15 is 0 Å². The molecule has 1 heterocycles. The molecule has 0 saturated heterocycles. The lowest BCUT2D eigenvalue weighted by molar-refractivity contribution is 0.122. The molecule has 0 aliphatic heterocycles. The molecule has 0 bridgehead atoms. The Morgan fingerprint density at radius 1 is 1.37 bits per heavy atom. The van der Waals surface area contributed by atoms with Crippen LogP contribution in [-0.2, 0) is 5.54 Å². The van der Waals surface area contributed by atoms with Crippen LogP contribution in [0, 0.1) is 0 Å². The van der Waals surface area contributed by atoms with Crippen molar-refractivity contribution in [2.45, 2.75) is 64.1 Å². The van der Waals surface area contributed by atoms with Gasteiger partial charge in [0, 0.05) is 24.0 Å². The normalized spacial score (nSPS) is 24.2. The molecular formula is C14H23N3O2. The number of nitrogens with two attached hydrogens (primary N) is 1. The molecule has 106 valence electrons. The van der Waals surface area contributed by atoms with Crippen molar-refractivity contribution in [2.24, 2.45) is 5.73 Å². The summed E-state index contributed by atoms with van der Waals surface area (Å²) in [5.74, 6) is 0.166. The van der Waals surface area contributed by atoms with Gasteiger partial charge in [-0.15, -0.1) is 0 Å². The first-order valence-corrected chi connectivity index (χ1v) is 6.90. The van der Waals surface area contributed by atoms with Crippen molar-refractivity contribution in [3.63, 3.8) is 0 Å². The summed E-state index contributed by atoms with van der Waals surface area (Å²) in [7, 11) is 0. The molecule has 1 aromatic heterocycles. The monoisotopic (exact) mass is 265 g/mol. The third kappa shape index (κ3) is 3.15. The highest BCUT2D eigenvalue weighted by atomic mass is 16.5. The van der Waals surface area contributed by atoms with Gasteiger partial charge in [-0.05, 0) is 40.0 Å². The zero-order valence-electron chi connectivity index (χ0n) is 11.9. The van der Waals surface area contributed by atoms with E-state index < -0.39 is 0 Å². The third-order valence-corrected chi connectivity index (χ3v) is 3.55. The molecule has 2 unspecified atom stereocenters. The number of nitrogens with zero attached hydrogens (tertiary/aromatic N) is 2. The lowest BCUT2D eigenvalue weighted by Crippen LogP contribution is -2.43. The molecule has 1 saturated carbocycles. The zero-order valence-corrected chi connectivity index (χ0v) is 11.9. The van der Waals surface area contributed by atoms with Gasteiger partial charge in [0.05, 0.1) is 0 Å². The number of aromatic nitrogens is 2. The minimum absolute atomic E-state index is 0.00163. The molecule has 5 nitrogen and oxygen atoms in total. The number of hydrogen-bond donors (Lipinski definition) is 1. The Bertz CT molecular complexity index is 490.